The van der Waals surface area contributed by atoms with Crippen molar-refractivity contribution in [2.45, 2.75) is 17.8 Å². The van der Waals surface area contributed by atoms with Crippen molar-refractivity contribution < 1.29 is 0 Å². The second-order valence-corrected chi connectivity index (χ2v) is 6.43. The average Bonchev–Trinajstić information content (AvgIpc) is 2.55. The molecule has 0 spiro atoms. The predicted octanol–water partition coefficient (Wildman–Crippen LogP) is 4.09. The molecular formula is C17H14ClN3OS. The zero-order valence-corrected chi connectivity index (χ0v) is 14.0. The molecule has 0 amide bonds. The van der Waals surface area contributed by atoms with E-state index in [1.54, 1.807) is 0 Å². The summed E-state index contributed by atoms with van der Waals surface area (Å²) in [5.41, 5.74) is 2.96. The summed E-state index contributed by atoms with van der Waals surface area (Å²) in [7, 11) is 0. The Morgan fingerprint density at radius 1 is 1.09 bits per heavy atom. The van der Waals surface area contributed by atoms with Crippen LogP contribution in [0.15, 0.2) is 58.5 Å². The van der Waals surface area contributed by atoms with Gasteiger partial charge >= 0.3 is 0 Å². The molecule has 0 radical (unpaired) electrons. The van der Waals surface area contributed by atoms with E-state index in [1.807, 2.05) is 55.5 Å². The van der Waals surface area contributed by atoms with Crippen molar-refractivity contribution in [3.8, 4) is 11.3 Å². The fraction of sp³-hybridized carbons (Fsp3) is 0.118. The molecule has 3 aromatic rings. The molecule has 0 fully saturated rings. The molecule has 1 aromatic heterocycles. The van der Waals surface area contributed by atoms with Gasteiger partial charge in [0, 0.05) is 16.3 Å². The fourth-order valence-corrected chi connectivity index (χ4v) is 3.14. The number of benzene rings is 2. The van der Waals surface area contributed by atoms with Crippen LogP contribution in [0.5, 0.6) is 0 Å². The Hall–Kier alpha value is -2.11. The first-order chi connectivity index (χ1) is 11.1. The Bertz CT molecular complexity index is 878. The van der Waals surface area contributed by atoms with Crippen molar-refractivity contribution in [3.63, 3.8) is 0 Å². The summed E-state index contributed by atoms with van der Waals surface area (Å²) < 4.78 is 0. The number of hydrogen-bond acceptors (Lipinski definition) is 4. The minimum Gasteiger partial charge on any atom is -0.298 e. The molecule has 0 aliphatic rings. The maximum atomic E-state index is 12.2. The van der Waals surface area contributed by atoms with Gasteiger partial charge in [-0.25, -0.2) is 0 Å². The van der Waals surface area contributed by atoms with Crippen LogP contribution < -0.4 is 5.56 Å². The second-order valence-electron chi connectivity index (χ2n) is 5.05. The number of aryl methyl sites for hydroxylation is 1. The second kappa shape index (κ2) is 6.98. The lowest BCUT2D eigenvalue weighted by Gasteiger charge is -2.04. The first-order valence-electron chi connectivity index (χ1n) is 7.04. The smallest absolute Gasteiger partial charge is 0.278 e. The molecule has 3 rings (SSSR count). The topological polar surface area (TPSA) is 58.6 Å². The lowest BCUT2D eigenvalue weighted by molar-refractivity contribution is 0.824. The van der Waals surface area contributed by atoms with Gasteiger partial charge in [0.15, 0.2) is 10.9 Å². The number of rotatable bonds is 4. The summed E-state index contributed by atoms with van der Waals surface area (Å²) in [5.74, 6) is 0.619. The van der Waals surface area contributed by atoms with E-state index in [1.165, 1.54) is 11.8 Å². The van der Waals surface area contributed by atoms with Crippen molar-refractivity contribution in [2.75, 3.05) is 0 Å². The first kappa shape index (κ1) is 15.8. The maximum absolute atomic E-state index is 12.2. The van der Waals surface area contributed by atoms with Crippen LogP contribution in [0.25, 0.3) is 11.3 Å². The van der Waals surface area contributed by atoms with E-state index < -0.39 is 0 Å². The number of aromatic nitrogens is 3. The molecule has 0 atom stereocenters. The van der Waals surface area contributed by atoms with Gasteiger partial charge in [0.2, 0.25) is 0 Å². The molecule has 0 aliphatic carbocycles. The summed E-state index contributed by atoms with van der Waals surface area (Å²) in [6.45, 7) is 1.99. The Balaban J connectivity index is 1.78. The molecule has 116 valence electrons. The summed E-state index contributed by atoms with van der Waals surface area (Å²) >= 11 is 7.51. The number of H-pyrrole nitrogens is 1. The minimum atomic E-state index is -0.245. The molecule has 0 saturated heterocycles. The number of thioether (sulfide) groups is 1. The van der Waals surface area contributed by atoms with Crippen LogP contribution in [0.4, 0.5) is 0 Å². The number of nitrogens with one attached hydrogen (secondary N) is 1. The maximum Gasteiger partial charge on any atom is 0.278 e. The predicted molar refractivity (Wildman–Crippen MR) is 93.8 cm³/mol. The molecule has 0 unspecified atom stereocenters. The normalized spacial score (nSPS) is 10.7. The molecular weight excluding hydrogens is 330 g/mol. The highest BCUT2D eigenvalue weighted by molar-refractivity contribution is 7.98. The van der Waals surface area contributed by atoms with Gasteiger partial charge in [-0.05, 0) is 18.6 Å². The van der Waals surface area contributed by atoms with Crippen molar-refractivity contribution in [1.29, 1.82) is 0 Å². The van der Waals surface area contributed by atoms with Crippen molar-refractivity contribution in [3.05, 3.63) is 75.0 Å². The van der Waals surface area contributed by atoms with E-state index in [2.05, 4.69) is 15.2 Å². The summed E-state index contributed by atoms with van der Waals surface area (Å²) in [6, 6.07) is 15.2. The van der Waals surface area contributed by atoms with Crippen LogP contribution in [-0.2, 0) is 5.75 Å². The van der Waals surface area contributed by atoms with Crippen LogP contribution in [0.2, 0.25) is 5.02 Å². The standard InChI is InChI=1S/C17H14ClN3OS/c1-11-6-8-12(9-7-11)15-16(22)19-17(21-20-15)23-10-13-4-2-3-5-14(13)18/h2-9H,10H2,1H3,(H,19,21,22). The highest BCUT2D eigenvalue weighted by Gasteiger charge is 2.08. The lowest BCUT2D eigenvalue weighted by atomic mass is 10.1. The van der Waals surface area contributed by atoms with Gasteiger partial charge in [0.05, 0.1) is 0 Å². The van der Waals surface area contributed by atoms with Crippen LogP contribution in [0, 0.1) is 6.92 Å². The molecule has 4 nitrogen and oxygen atoms in total. The van der Waals surface area contributed by atoms with Crippen LogP contribution in [-0.4, -0.2) is 15.2 Å². The third-order valence-electron chi connectivity index (χ3n) is 3.32. The molecule has 6 heteroatoms. The van der Waals surface area contributed by atoms with Gasteiger partial charge in [-0.1, -0.05) is 71.4 Å². The van der Waals surface area contributed by atoms with Gasteiger partial charge in [-0.2, -0.15) is 0 Å². The average molecular weight is 344 g/mol. The minimum absolute atomic E-state index is 0.245. The van der Waals surface area contributed by atoms with Gasteiger partial charge in [-0.3, -0.25) is 9.78 Å². The zero-order chi connectivity index (χ0) is 16.2. The molecule has 1 heterocycles. The molecule has 0 aliphatic heterocycles. The number of hydrogen-bond donors (Lipinski definition) is 1. The largest absolute Gasteiger partial charge is 0.298 e. The number of nitrogens with zero attached hydrogens (tertiary/aromatic N) is 2. The van der Waals surface area contributed by atoms with Crippen LogP contribution in [0.1, 0.15) is 11.1 Å². The summed E-state index contributed by atoms with van der Waals surface area (Å²) in [5, 5.41) is 9.34. The Morgan fingerprint density at radius 2 is 1.83 bits per heavy atom. The first-order valence-corrected chi connectivity index (χ1v) is 8.40. The highest BCUT2D eigenvalue weighted by atomic mass is 35.5. The van der Waals surface area contributed by atoms with Gasteiger partial charge < -0.3 is 0 Å². The fourth-order valence-electron chi connectivity index (χ4n) is 2.05. The lowest BCUT2D eigenvalue weighted by Crippen LogP contribution is -2.14. The van der Waals surface area contributed by atoms with E-state index in [9.17, 15) is 4.79 Å². The van der Waals surface area contributed by atoms with E-state index >= 15 is 0 Å². The number of halogens is 1. The van der Waals surface area contributed by atoms with Crippen LogP contribution >= 0.6 is 23.4 Å². The summed E-state index contributed by atoms with van der Waals surface area (Å²) in [6.07, 6.45) is 0. The Labute approximate surface area is 142 Å². The van der Waals surface area contributed by atoms with E-state index in [-0.39, 0.29) is 5.56 Å². The Morgan fingerprint density at radius 3 is 2.52 bits per heavy atom. The van der Waals surface area contributed by atoms with E-state index in [4.69, 9.17) is 11.6 Å². The molecule has 0 bridgehead atoms. The van der Waals surface area contributed by atoms with Crippen molar-refractivity contribution >= 4 is 23.4 Å². The highest BCUT2D eigenvalue weighted by Crippen LogP contribution is 2.24. The summed E-state index contributed by atoms with van der Waals surface area (Å²) in [4.78, 5) is 15.0. The van der Waals surface area contributed by atoms with Crippen molar-refractivity contribution in [1.82, 2.24) is 15.2 Å². The van der Waals surface area contributed by atoms with E-state index in [0.717, 1.165) is 16.7 Å². The monoisotopic (exact) mass is 343 g/mol. The SMILES string of the molecule is Cc1ccc(-c2nnc(SCc3ccccc3Cl)[nH]c2=O)cc1. The molecule has 1 N–H and O–H groups in total. The van der Waals surface area contributed by atoms with Gasteiger partial charge in [0.1, 0.15) is 0 Å². The van der Waals surface area contributed by atoms with Gasteiger partial charge in [0.25, 0.3) is 5.56 Å². The third-order valence-corrected chi connectivity index (χ3v) is 4.60. The zero-order valence-electron chi connectivity index (χ0n) is 12.4. The molecule has 23 heavy (non-hydrogen) atoms. The quantitative estimate of drug-likeness (QED) is 0.725. The molecule has 0 saturated carbocycles. The van der Waals surface area contributed by atoms with Crippen molar-refractivity contribution in [2.24, 2.45) is 0 Å². The van der Waals surface area contributed by atoms with E-state index in [0.29, 0.717) is 21.6 Å². The third kappa shape index (κ3) is 3.81. The van der Waals surface area contributed by atoms with Gasteiger partial charge in [-0.15, -0.1) is 10.2 Å². The Kier molecular flexibility index (Phi) is 4.79. The van der Waals surface area contributed by atoms with Crippen LogP contribution in [0.3, 0.4) is 0 Å². The molecule has 2 aromatic carbocycles. The number of aromatic amines is 1.